The van der Waals surface area contributed by atoms with Crippen molar-refractivity contribution in [3.8, 4) is 5.88 Å². The number of ether oxygens (including phenoxy) is 1. The van der Waals surface area contributed by atoms with Crippen LogP contribution in [0.25, 0.3) is 0 Å². The van der Waals surface area contributed by atoms with Crippen LogP contribution in [-0.4, -0.2) is 59.3 Å². The monoisotopic (exact) mass is 506 g/mol. The molecule has 0 aliphatic carbocycles. The molecule has 35 heavy (non-hydrogen) atoms. The molecule has 1 aromatic carbocycles. The van der Waals surface area contributed by atoms with Gasteiger partial charge in [0.05, 0.1) is 23.8 Å². The van der Waals surface area contributed by atoms with Gasteiger partial charge in [-0.25, -0.2) is 23.8 Å². The SMILES string of the molecule is COc1ccc2c(n1)CCN(C(=O)c1cc(=O)[nH]o1)[C@H]2C(=O)Nc1cc(F)c(S(C)(C)C)c(F)c1. The van der Waals surface area contributed by atoms with Gasteiger partial charge in [0, 0.05) is 30.3 Å². The summed E-state index contributed by atoms with van der Waals surface area (Å²) in [6.45, 7) is 0.0774. The number of rotatable bonds is 5. The fraction of sp³-hybridized carbons (Fsp3) is 0.304. The van der Waals surface area contributed by atoms with E-state index >= 15 is 0 Å². The van der Waals surface area contributed by atoms with E-state index in [1.807, 2.05) is 5.16 Å². The number of H-pyrrole nitrogens is 1. The fourth-order valence-electron chi connectivity index (χ4n) is 4.04. The highest BCUT2D eigenvalue weighted by Crippen LogP contribution is 2.48. The van der Waals surface area contributed by atoms with Crippen molar-refractivity contribution in [1.82, 2.24) is 15.0 Å². The van der Waals surface area contributed by atoms with Crippen molar-refractivity contribution < 1.29 is 27.6 Å². The molecule has 9 nitrogen and oxygen atoms in total. The van der Waals surface area contributed by atoms with E-state index in [9.17, 15) is 23.2 Å². The predicted octanol–water partition coefficient (Wildman–Crippen LogP) is 3.08. The van der Waals surface area contributed by atoms with Crippen molar-refractivity contribution in [2.24, 2.45) is 0 Å². The Kier molecular flexibility index (Phi) is 6.41. The van der Waals surface area contributed by atoms with Crippen molar-refractivity contribution >= 4 is 27.5 Å². The lowest BCUT2D eigenvalue weighted by molar-refractivity contribution is -0.121. The van der Waals surface area contributed by atoms with Crippen molar-refractivity contribution in [2.75, 3.05) is 37.7 Å². The zero-order valence-corrected chi connectivity index (χ0v) is 20.3. The summed E-state index contributed by atoms with van der Waals surface area (Å²) < 4.78 is 39.6. The van der Waals surface area contributed by atoms with Gasteiger partial charge in [-0.1, -0.05) is 0 Å². The number of aromatic amines is 1. The topological polar surface area (TPSA) is 118 Å². The number of halogens is 2. The average molecular weight is 507 g/mol. The minimum Gasteiger partial charge on any atom is -0.481 e. The summed E-state index contributed by atoms with van der Waals surface area (Å²) >= 11 is 0. The lowest BCUT2D eigenvalue weighted by atomic mass is 9.95. The zero-order valence-electron chi connectivity index (χ0n) is 19.5. The molecule has 2 amide bonds. The number of aromatic nitrogens is 2. The second-order valence-corrected chi connectivity index (χ2v) is 12.8. The summed E-state index contributed by atoms with van der Waals surface area (Å²) in [5, 5.41) is 4.57. The van der Waals surface area contributed by atoms with Crippen LogP contribution in [0.15, 0.2) is 44.5 Å². The van der Waals surface area contributed by atoms with Crippen LogP contribution in [0.1, 0.15) is 27.9 Å². The van der Waals surface area contributed by atoms with Gasteiger partial charge in [0.1, 0.15) is 17.7 Å². The summed E-state index contributed by atoms with van der Waals surface area (Å²) in [4.78, 5) is 43.6. The number of fused-ring (bicyclic) bond motifs is 1. The summed E-state index contributed by atoms with van der Waals surface area (Å²) in [6, 6.07) is 5.04. The second kappa shape index (κ2) is 9.17. The first-order valence-corrected chi connectivity index (χ1v) is 13.4. The number of anilines is 1. The molecule has 2 N–H and O–H groups in total. The van der Waals surface area contributed by atoms with Gasteiger partial charge in [0.2, 0.25) is 11.6 Å². The van der Waals surface area contributed by atoms with Gasteiger partial charge in [0.15, 0.2) is 0 Å². The number of hydrogen-bond donors (Lipinski definition) is 2. The predicted molar refractivity (Wildman–Crippen MR) is 126 cm³/mol. The Balaban J connectivity index is 1.72. The summed E-state index contributed by atoms with van der Waals surface area (Å²) in [7, 11) is -0.244. The van der Waals surface area contributed by atoms with Crippen LogP contribution in [0.4, 0.5) is 14.5 Å². The van der Waals surface area contributed by atoms with Gasteiger partial charge in [-0.05, 0) is 37.0 Å². The van der Waals surface area contributed by atoms with E-state index in [1.54, 1.807) is 30.9 Å². The van der Waals surface area contributed by atoms with Crippen LogP contribution in [-0.2, 0) is 11.2 Å². The Bertz CT molecular complexity index is 1340. The minimum absolute atomic E-state index is 0.0194. The van der Waals surface area contributed by atoms with Gasteiger partial charge < -0.3 is 19.5 Å². The first kappa shape index (κ1) is 24.5. The molecule has 3 aromatic rings. The van der Waals surface area contributed by atoms with Crippen LogP contribution in [0.2, 0.25) is 0 Å². The highest BCUT2D eigenvalue weighted by molar-refractivity contribution is 8.32. The number of amides is 2. The molecule has 0 saturated heterocycles. The maximum atomic E-state index is 14.7. The van der Waals surface area contributed by atoms with Crippen LogP contribution in [0.5, 0.6) is 5.88 Å². The third kappa shape index (κ3) is 4.78. The number of methoxy groups -OCH3 is 1. The lowest BCUT2D eigenvalue weighted by Crippen LogP contribution is -2.45. The zero-order chi connectivity index (χ0) is 25.5. The molecule has 0 saturated carbocycles. The molecule has 0 bridgehead atoms. The normalized spacial score (nSPS) is 15.9. The highest BCUT2D eigenvalue weighted by Gasteiger charge is 2.38. The van der Waals surface area contributed by atoms with Crippen LogP contribution < -0.4 is 15.6 Å². The molecular formula is C23H24F2N4O5S. The van der Waals surface area contributed by atoms with E-state index in [-0.39, 0.29) is 22.9 Å². The molecular weight excluding hydrogens is 482 g/mol. The summed E-state index contributed by atoms with van der Waals surface area (Å²) in [5.74, 6) is -2.87. The van der Waals surface area contributed by atoms with E-state index in [4.69, 9.17) is 9.26 Å². The van der Waals surface area contributed by atoms with E-state index in [0.717, 1.165) is 18.2 Å². The Morgan fingerprint density at radius 1 is 1.20 bits per heavy atom. The van der Waals surface area contributed by atoms with E-state index < -0.39 is 45.1 Å². The molecule has 1 aliphatic heterocycles. The Labute approximate surface area is 200 Å². The van der Waals surface area contributed by atoms with Crippen molar-refractivity contribution in [3.05, 3.63) is 69.3 Å². The highest BCUT2D eigenvalue weighted by atomic mass is 32.3. The van der Waals surface area contributed by atoms with Crippen LogP contribution >= 0.6 is 10.0 Å². The number of benzene rings is 1. The molecule has 12 heteroatoms. The number of carbonyl (C=O) groups excluding carboxylic acids is 2. The summed E-state index contributed by atoms with van der Waals surface area (Å²) in [6.07, 6.45) is 5.59. The maximum absolute atomic E-state index is 14.7. The quantitative estimate of drug-likeness (QED) is 0.549. The fourth-order valence-corrected chi connectivity index (χ4v) is 5.33. The number of hydrogen-bond acceptors (Lipinski definition) is 6. The van der Waals surface area contributed by atoms with Gasteiger partial charge >= 0.3 is 0 Å². The number of carbonyl (C=O) groups is 2. The molecule has 2 aromatic heterocycles. The Morgan fingerprint density at radius 2 is 1.89 bits per heavy atom. The van der Waals surface area contributed by atoms with E-state index in [0.29, 0.717) is 23.6 Å². The second-order valence-electron chi connectivity index (χ2n) is 8.71. The molecule has 0 spiro atoms. The summed E-state index contributed by atoms with van der Waals surface area (Å²) in [5.41, 5.74) is 0.252. The average Bonchev–Trinajstić information content (AvgIpc) is 3.22. The van der Waals surface area contributed by atoms with Crippen molar-refractivity contribution in [1.29, 1.82) is 0 Å². The third-order valence-corrected chi connectivity index (χ3v) is 7.13. The number of pyridine rings is 1. The largest absolute Gasteiger partial charge is 0.481 e. The molecule has 1 aliphatic rings. The molecule has 186 valence electrons. The molecule has 0 unspecified atom stereocenters. The standard InChI is InChI=1S/C23H24F2N4O5S/c1-33-19-6-5-13-16(27-19)7-8-29(23(32)17-11-18(30)28-34-17)20(13)22(31)26-12-9-14(24)21(15(25)10-12)35(2,3)4/h5-6,9-11,20H,7-8H2,1-4H3,(H,26,31)(H,28,30)/t20-/m1/s1. The molecule has 0 fully saturated rings. The van der Waals surface area contributed by atoms with Gasteiger partial charge in [-0.15, -0.1) is 0 Å². The molecule has 4 rings (SSSR count). The molecule has 0 radical (unpaired) electrons. The van der Waals surface area contributed by atoms with Gasteiger partial charge in [0.25, 0.3) is 17.4 Å². The smallest absolute Gasteiger partial charge is 0.293 e. The number of nitrogens with zero attached hydrogens (tertiary/aromatic N) is 2. The third-order valence-electron chi connectivity index (χ3n) is 5.51. The van der Waals surface area contributed by atoms with Crippen LogP contribution in [0.3, 0.4) is 0 Å². The van der Waals surface area contributed by atoms with Crippen molar-refractivity contribution in [2.45, 2.75) is 17.4 Å². The van der Waals surface area contributed by atoms with Gasteiger partial charge in [-0.3, -0.25) is 14.4 Å². The lowest BCUT2D eigenvalue weighted by Gasteiger charge is -2.35. The molecule has 3 heterocycles. The van der Waals surface area contributed by atoms with Crippen molar-refractivity contribution in [3.63, 3.8) is 0 Å². The Morgan fingerprint density at radius 3 is 2.46 bits per heavy atom. The molecule has 1 atom stereocenters. The van der Waals surface area contributed by atoms with Gasteiger partial charge in [-0.2, -0.15) is 5.16 Å². The maximum Gasteiger partial charge on any atom is 0.293 e. The minimum atomic E-state index is -1.70. The Hall–Kier alpha value is -3.67. The van der Waals surface area contributed by atoms with Crippen LogP contribution in [0, 0.1) is 11.6 Å². The number of nitrogens with one attached hydrogen (secondary N) is 2. The van der Waals surface area contributed by atoms with E-state index in [1.165, 1.54) is 12.0 Å². The first-order valence-electron chi connectivity index (χ1n) is 10.5. The van der Waals surface area contributed by atoms with E-state index in [2.05, 4.69) is 10.3 Å². The first-order chi connectivity index (χ1) is 16.5.